The van der Waals surface area contributed by atoms with E-state index in [4.69, 9.17) is 11.6 Å². The fraction of sp³-hybridized carbons (Fsp3) is 0.500. The molecule has 5 nitrogen and oxygen atoms in total. The number of rotatable bonds is 4. The zero-order chi connectivity index (χ0) is 12.1. The number of hydrogen-bond acceptors (Lipinski definition) is 3. The van der Waals surface area contributed by atoms with Gasteiger partial charge in [0.05, 0.1) is 6.33 Å². The van der Waals surface area contributed by atoms with E-state index in [0.29, 0.717) is 13.1 Å². The van der Waals surface area contributed by atoms with Gasteiger partial charge in [-0.1, -0.05) is 11.6 Å². The second-order valence-corrected chi connectivity index (χ2v) is 3.63. The topological polar surface area (TPSA) is 55.2 Å². The van der Waals surface area contributed by atoms with Crippen LogP contribution in [0.4, 0.5) is 0 Å². The van der Waals surface area contributed by atoms with E-state index in [0.717, 1.165) is 0 Å². The first-order valence-corrected chi connectivity index (χ1v) is 5.46. The molecule has 0 saturated heterocycles. The van der Waals surface area contributed by atoms with Crippen molar-refractivity contribution >= 4 is 17.5 Å². The van der Waals surface area contributed by atoms with Gasteiger partial charge in [0.15, 0.2) is 0 Å². The number of halogens is 1. The highest BCUT2D eigenvalue weighted by Crippen LogP contribution is 1.97. The molecule has 0 unspecified atom stereocenters. The van der Waals surface area contributed by atoms with Crippen molar-refractivity contribution < 1.29 is 4.79 Å². The van der Waals surface area contributed by atoms with Gasteiger partial charge in [-0.2, -0.15) is 0 Å². The molecular formula is C10H14ClN3O2. The Morgan fingerprint density at radius 1 is 1.50 bits per heavy atom. The Morgan fingerprint density at radius 2 is 2.12 bits per heavy atom. The van der Waals surface area contributed by atoms with E-state index < -0.39 is 0 Å². The molecule has 1 heterocycles. The van der Waals surface area contributed by atoms with E-state index in [1.165, 1.54) is 17.0 Å². The highest BCUT2D eigenvalue weighted by Gasteiger charge is 2.10. The maximum atomic E-state index is 11.7. The van der Waals surface area contributed by atoms with Crippen LogP contribution in [0.1, 0.15) is 13.8 Å². The molecule has 1 amide bonds. The van der Waals surface area contributed by atoms with E-state index in [1.54, 1.807) is 4.90 Å². The molecule has 88 valence electrons. The second kappa shape index (κ2) is 5.65. The van der Waals surface area contributed by atoms with Crippen LogP contribution < -0.4 is 5.56 Å². The minimum Gasteiger partial charge on any atom is -0.342 e. The predicted octanol–water partition coefficient (Wildman–Crippen LogP) is 0.765. The Kier molecular flexibility index (Phi) is 4.49. The van der Waals surface area contributed by atoms with E-state index in [9.17, 15) is 9.59 Å². The Labute approximate surface area is 98.7 Å². The van der Waals surface area contributed by atoms with Gasteiger partial charge in [0.1, 0.15) is 11.7 Å². The number of amides is 1. The van der Waals surface area contributed by atoms with Crippen LogP contribution in [0.25, 0.3) is 0 Å². The molecular weight excluding hydrogens is 230 g/mol. The molecule has 0 aliphatic rings. The van der Waals surface area contributed by atoms with Gasteiger partial charge in [0, 0.05) is 19.2 Å². The largest absolute Gasteiger partial charge is 0.342 e. The molecule has 16 heavy (non-hydrogen) atoms. The van der Waals surface area contributed by atoms with Gasteiger partial charge in [-0.25, -0.2) is 4.98 Å². The molecule has 0 radical (unpaired) electrons. The summed E-state index contributed by atoms with van der Waals surface area (Å²) < 4.78 is 1.24. The molecule has 0 aromatic carbocycles. The van der Waals surface area contributed by atoms with Crippen molar-refractivity contribution in [1.82, 2.24) is 14.5 Å². The molecule has 0 N–H and O–H groups in total. The fourth-order valence-corrected chi connectivity index (χ4v) is 1.48. The van der Waals surface area contributed by atoms with Gasteiger partial charge < -0.3 is 4.90 Å². The Bertz CT molecular complexity index is 426. The summed E-state index contributed by atoms with van der Waals surface area (Å²) in [6.07, 6.45) is 1.28. The lowest BCUT2D eigenvalue weighted by molar-refractivity contribution is -0.131. The molecule has 1 aromatic heterocycles. The number of aromatic nitrogens is 2. The second-order valence-electron chi connectivity index (χ2n) is 3.24. The van der Waals surface area contributed by atoms with Gasteiger partial charge in [-0.3, -0.25) is 14.2 Å². The highest BCUT2D eigenvalue weighted by atomic mass is 35.5. The average Bonchev–Trinajstić information content (AvgIpc) is 2.24. The van der Waals surface area contributed by atoms with Crippen LogP contribution in [0, 0.1) is 0 Å². The van der Waals surface area contributed by atoms with Crippen LogP contribution in [0.15, 0.2) is 17.2 Å². The summed E-state index contributed by atoms with van der Waals surface area (Å²) in [5.74, 6) is -0.101. The van der Waals surface area contributed by atoms with Gasteiger partial charge in [0.2, 0.25) is 5.91 Å². The molecule has 0 aliphatic heterocycles. The summed E-state index contributed by atoms with van der Waals surface area (Å²) in [6, 6.07) is 1.19. The van der Waals surface area contributed by atoms with E-state index in [2.05, 4.69) is 4.98 Å². The zero-order valence-corrected chi connectivity index (χ0v) is 10.1. The third-order valence-corrected chi connectivity index (χ3v) is 2.47. The van der Waals surface area contributed by atoms with E-state index in [-0.39, 0.29) is 23.2 Å². The van der Waals surface area contributed by atoms with Crippen LogP contribution in [0.3, 0.4) is 0 Å². The van der Waals surface area contributed by atoms with Crippen molar-refractivity contribution in [3.05, 3.63) is 27.9 Å². The maximum Gasteiger partial charge on any atom is 0.255 e. The van der Waals surface area contributed by atoms with Crippen LogP contribution >= 0.6 is 11.6 Å². The molecule has 0 fully saturated rings. The summed E-state index contributed by atoms with van der Waals surface area (Å²) in [5.41, 5.74) is -0.319. The summed E-state index contributed by atoms with van der Waals surface area (Å²) >= 11 is 5.55. The summed E-state index contributed by atoms with van der Waals surface area (Å²) in [5, 5.41) is 0.136. The minimum atomic E-state index is -0.319. The molecule has 1 rings (SSSR count). The first kappa shape index (κ1) is 12.7. The van der Waals surface area contributed by atoms with Crippen molar-refractivity contribution in [2.75, 3.05) is 13.1 Å². The molecule has 0 spiro atoms. The number of carbonyl (C=O) groups excluding carboxylic acids is 1. The van der Waals surface area contributed by atoms with Gasteiger partial charge in [0.25, 0.3) is 5.56 Å². The minimum absolute atomic E-state index is 0.00465. The number of hydrogen-bond donors (Lipinski definition) is 0. The SMILES string of the molecule is CCN(CC)C(=O)Cn1cnc(Cl)cc1=O. The highest BCUT2D eigenvalue weighted by molar-refractivity contribution is 6.29. The molecule has 1 aromatic rings. The molecule has 6 heteroatoms. The predicted molar refractivity (Wildman–Crippen MR) is 61.4 cm³/mol. The molecule has 0 bridgehead atoms. The quantitative estimate of drug-likeness (QED) is 0.734. The van der Waals surface area contributed by atoms with Crippen LogP contribution in [-0.2, 0) is 11.3 Å². The zero-order valence-electron chi connectivity index (χ0n) is 9.31. The third-order valence-electron chi connectivity index (χ3n) is 2.27. The lowest BCUT2D eigenvalue weighted by Crippen LogP contribution is -2.36. The summed E-state index contributed by atoms with van der Waals surface area (Å²) in [4.78, 5) is 28.6. The Morgan fingerprint density at radius 3 is 2.62 bits per heavy atom. The van der Waals surface area contributed by atoms with Gasteiger partial charge in [-0.05, 0) is 13.8 Å². The average molecular weight is 244 g/mol. The maximum absolute atomic E-state index is 11.7. The van der Waals surface area contributed by atoms with Crippen LogP contribution in [-0.4, -0.2) is 33.4 Å². The lowest BCUT2D eigenvalue weighted by Gasteiger charge is -2.18. The summed E-state index contributed by atoms with van der Waals surface area (Å²) in [7, 11) is 0. The Hall–Kier alpha value is -1.36. The number of likely N-dealkylation sites (N-methyl/N-ethyl adjacent to an activating group) is 1. The van der Waals surface area contributed by atoms with E-state index in [1.807, 2.05) is 13.8 Å². The molecule has 0 atom stereocenters. The van der Waals surface area contributed by atoms with Crippen molar-refractivity contribution in [3.8, 4) is 0 Å². The Balaban J connectivity index is 2.81. The van der Waals surface area contributed by atoms with Gasteiger partial charge in [-0.15, -0.1) is 0 Å². The first-order chi connectivity index (χ1) is 7.58. The summed E-state index contributed by atoms with van der Waals surface area (Å²) in [6.45, 7) is 5.05. The van der Waals surface area contributed by atoms with Crippen molar-refractivity contribution in [2.45, 2.75) is 20.4 Å². The van der Waals surface area contributed by atoms with Crippen molar-refractivity contribution in [2.24, 2.45) is 0 Å². The number of nitrogens with zero attached hydrogens (tertiary/aromatic N) is 3. The lowest BCUT2D eigenvalue weighted by atomic mass is 10.4. The monoisotopic (exact) mass is 243 g/mol. The van der Waals surface area contributed by atoms with Crippen molar-refractivity contribution in [1.29, 1.82) is 0 Å². The van der Waals surface area contributed by atoms with Gasteiger partial charge >= 0.3 is 0 Å². The fourth-order valence-electron chi connectivity index (χ4n) is 1.34. The van der Waals surface area contributed by atoms with Crippen LogP contribution in [0.5, 0.6) is 0 Å². The van der Waals surface area contributed by atoms with Crippen molar-refractivity contribution in [3.63, 3.8) is 0 Å². The smallest absolute Gasteiger partial charge is 0.255 e. The molecule has 0 saturated carbocycles. The van der Waals surface area contributed by atoms with E-state index >= 15 is 0 Å². The third kappa shape index (κ3) is 3.06. The first-order valence-electron chi connectivity index (χ1n) is 5.08. The molecule has 0 aliphatic carbocycles. The standard InChI is InChI=1S/C10H14ClN3O2/c1-3-13(4-2)10(16)6-14-7-12-8(11)5-9(14)15/h5,7H,3-4,6H2,1-2H3. The van der Waals surface area contributed by atoms with Crippen LogP contribution in [0.2, 0.25) is 5.15 Å². The normalized spacial score (nSPS) is 10.2. The number of carbonyl (C=O) groups is 1.